The zero-order valence-corrected chi connectivity index (χ0v) is 27.9. The van der Waals surface area contributed by atoms with Crippen LogP contribution in [-0.2, 0) is 38.2 Å². The monoisotopic (exact) mass is 770 g/mol. The number of nitriles is 1. The lowest BCUT2D eigenvalue weighted by atomic mass is 9.95. The van der Waals surface area contributed by atoms with Gasteiger partial charge in [-0.05, 0) is 44.4 Å². The van der Waals surface area contributed by atoms with Gasteiger partial charge >= 0.3 is 30.4 Å². The number of aryl methyl sites for hydroxylation is 1. The highest BCUT2D eigenvalue weighted by Crippen LogP contribution is 2.49. The fourth-order valence-electron chi connectivity index (χ4n) is 4.66. The van der Waals surface area contributed by atoms with Crippen LogP contribution in [0.4, 0.5) is 39.9 Å². The molecule has 1 aliphatic carbocycles. The summed E-state index contributed by atoms with van der Waals surface area (Å²) >= 11 is 6.29. The zero-order valence-electron chi connectivity index (χ0n) is 27.1. The highest BCUT2D eigenvalue weighted by molar-refractivity contribution is 6.34. The Labute approximate surface area is 293 Å². The second kappa shape index (κ2) is 14.2. The molecule has 52 heavy (non-hydrogen) atoms. The predicted molar refractivity (Wildman–Crippen MR) is 159 cm³/mol. The van der Waals surface area contributed by atoms with E-state index in [0.717, 1.165) is 23.4 Å². The third-order valence-electron chi connectivity index (χ3n) is 7.78. The Bertz CT molecular complexity index is 1900. The number of aliphatic carboxylic acids is 1. The summed E-state index contributed by atoms with van der Waals surface area (Å²) in [5.74, 6) is -9.27. The van der Waals surface area contributed by atoms with Gasteiger partial charge < -0.3 is 19.3 Å². The molecule has 1 aliphatic rings. The van der Waals surface area contributed by atoms with Crippen LogP contribution < -0.4 is 0 Å². The van der Waals surface area contributed by atoms with E-state index in [0.29, 0.717) is 11.7 Å². The quantitative estimate of drug-likeness (QED) is 0.0899. The van der Waals surface area contributed by atoms with Crippen molar-refractivity contribution in [2.75, 3.05) is 26.6 Å². The van der Waals surface area contributed by atoms with Crippen LogP contribution in [0.1, 0.15) is 48.3 Å². The molecule has 0 unspecified atom stereocenters. The van der Waals surface area contributed by atoms with E-state index in [-0.39, 0.29) is 59.1 Å². The Hall–Kier alpha value is -4.97. The second-order valence-corrected chi connectivity index (χ2v) is 12.5. The molecule has 282 valence electrons. The summed E-state index contributed by atoms with van der Waals surface area (Å²) in [5, 5.41) is 25.3. The number of aromatic nitrogens is 4. The normalized spacial score (nSPS) is 14.4. The summed E-state index contributed by atoms with van der Waals surface area (Å²) in [6.45, 7) is 1.34. The predicted octanol–water partition coefficient (Wildman–Crippen LogP) is 6.34. The lowest BCUT2D eigenvalue weighted by molar-refractivity contribution is -0.292. The van der Waals surface area contributed by atoms with Crippen molar-refractivity contribution >= 4 is 29.6 Å². The lowest BCUT2D eigenvalue weighted by Gasteiger charge is -2.27. The van der Waals surface area contributed by atoms with Crippen molar-refractivity contribution in [1.29, 1.82) is 5.26 Å². The van der Waals surface area contributed by atoms with E-state index < -0.39 is 71.1 Å². The van der Waals surface area contributed by atoms with Crippen molar-refractivity contribution in [3.63, 3.8) is 0 Å². The van der Waals surface area contributed by atoms with Gasteiger partial charge in [0.25, 0.3) is 5.91 Å². The highest BCUT2D eigenvalue weighted by Gasteiger charge is 2.64. The molecule has 22 heteroatoms. The van der Waals surface area contributed by atoms with Gasteiger partial charge in [-0.1, -0.05) is 17.7 Å². The molecule has 2 aromatic heterocycles. The maximum absolute atomic E-state index is 14.2. The van der Waals surface area contributed by atoms with Gasteiger partial charge in [0.15, 0.2) is 18.2 Å². The Morgan fingerprint density at radius 2 is 1.71 bits per heavy atom. The van der Waals surface area contributed by atoms with Crippen LogP contribution in [0.25, 0.3) is 16.9 Å². The second-order valence-electron chi connectivity index (χ2n) is 12.1. The number of benzene rings is 1. The van der Waals surface area contributed by atoms with E-state index in [1.165, 1.54) is 26.0 Å². The van der Waals surface area contributed by atoms with Crippen molar-refractivity contribution in [1.82, 2.24) is 24.5 Å². The molecule has 1 N–H and O–H groups in total. The molecule has 3 aromatic rings. The van der Waals surface area contributed by atoms with E-state index >= 15 is 0 Å². The number of hydrogen-bond donors (Lipinski definition) is 1. The summed E-state index contributed by atoms with van der Waals surface area (Å²) in [7, 11) is 0.715. The smallest absolute Gasteiger partial charge is 0.481 e. The van der Waals surface area contributed by atoms with E-state index in [1.54, 1.807) is 0 Å². The molecule has 0 spiro atoms. The first-order chi connectivity index (χ1) is 24.0. The number of ether oxygens (including phenoxy) is 3. The van der Waals surface area contributed by atoms with E-state index in [9.17, 15) is 54.8 Å². The van der Waals surface area contributed by atoms with Gasteiger partial charge in [-0.3, -0.25) is 14.5 Å². The van der Waals surface area contributed by atoms with Gasteiger partial charge in [0.2, 0.25) is 0 Å². The molecule has 0 bridgehead atoms. The van der Waals surface area contributed by atoms with Gasteiger partial charge in [-0.2, -0.15) is 50.6 Å². The number of amides is 1. The molecule has 0 radical (unpaired) electrons. The van der Waals surface area contributed by atoms with Gasteiger partial charge in [0.05, 0.1) is 41.5 Å². The number of nitrogens with zero attached hydrogens (tertiary/aromatic N) is 6. The van der Waals surface area contributed by atoms with Gasteiger partial charge in [0, 0.05) is 18.8 Å². The minimum absolute atomic E-state index is 0.0501. The number of carboxylic acid groups (broad SMARTS) is 1. The first-order valence-electron chi connectivity index (χ1n) is 14.7. The molecular formula is C30H27ClF8N6O7. The molecule has 0 saturated heterocycles. The summed E-state index contributed by atoms with van der Waals surface area (Å²) in [6.07, 6.45) is -11.2. The lowest BCUT2D eigenvalue weighted by Crippen LogP contribution is -2.43. The SMILES string of the molecule is Cn1nc(C(F)(F)C(F)(F)F)c(C(F)(F)F)c1-n1cc(-c2ccc(Cl)c(C(=O)N(COC(=O)OCCOCC(C)(C)C(=O)O)C3(C#N)CC3)c2)cn1. The first-order valence-corrected chi connectivity index (χ1v) is 15.1. The Balaban J connectivity index is 1.56. The van der Waals surface area contributed by atoms with Crippen molar-refractivity contribution in [2.45, 2.75) is 50.5 Å². The van der Waals surface area contributed by atoms with E-state index in [1.807, 2.05) is 6.07 Å². The molecule has 0 atom stereocenters. The number of carbonyl (C=O) groups is 3. The maximum atomic E-state index is 14.2. The fraction of sp³-hybridized carbons (Fsp3) is 0.467. The molecule has 1 saturated carbocycles. The van der Waals surface area contributed by atoms with Gasteiger partial charge in [-0.15, -0.1) is 0 Å². The maximum Gasteiger partial charge on any atom is 0.510 e. The topological polar surface area (TPSA) is 162 Å². The summed E-state index contributed by atoms with van der Waals surface area (Å²) in [6, 6.07) is 5.62. The number of carbonyl (C=O) groups excluding carboxylic acids is 2. The largest absolute Gasteiger partial charge is 0.510 e. The summed E-state index contributed by atoms with van der Waals surface area (Å²) in [5.41, 5.74) is -7.83. The minimum Gasteiger partial charge on any atom is -0.481 e. The van der Waals surface area contributed by atoms with E-state index in [2.05, 4.69) is 10.2 Å². The van der Waals surface area contributed by atoms with Crippen molar-refractivity contribution < 1.29 is 68.8 Å². The molecular weight excluding hydrogens is 744 g/mol. The molecule has 0 aliphatic heterocycles. The number of carboxylic acids is 1. The van der Waals surface area contributed by atoms with Crippen LogP contribution in [0.15, 0.2) is 30.6 Å². The van der Waals surface area contributed by atoms with Crippen LogP contribution in [0.3, 0.4) is 0 Å². The van der Waals surface area contributed by atoms with Gasteiger partial charge in [0.1, 0.15) is 17.7 Å². The Morgan fingerprint density at radius 3 is 2.27 bits per heavy atom. The van der Waals surface area contributed by atoms with Crippen LogP contribution in [0, 0.1) is 16.7 Å². The fourth-order valence-corrected chi connectivity index (χ4v) is 4.86. The van der Waals surface area contributed by atoms with Crippen LogP contribution in [-0.4, -0.2) is 85.9 Å². The molecule has 4 rings (SSSR count). The Morgan fingerprint density at radius 1 is 1.06 bits per heavy atom. The summed E-state index contributed by atoms with van der Waals surface area (Å²) in [4.78, 5) is 38.0. The minimum atomic E-state index is -6.40. The van der Waals surface area contributed by atoms with Crippen LogP contribution in [0.2, 0.25) is 5.02 Å². The average Bonchev–Trinajstić information content (AvgIpc) is 3.51. The van der Waals surface area contributed by atoms with Crippen LogP contribution in [0.5, 0.6) is 0 Å². The number of alkyl halides is 8. The third-order valence-corrected chi connectivity index (χ3v) is 8.11. The van der Waals surface area contributed by atoms with Gasteiger partial charge in [-0.25, -0.2) is 14.2 Å². The molecule has 1 fully saturated rings. The number of hydrogen-bond acceptors (Lipinski definition) is 9. The Kier molecular flexibility index (Phi) is 10.9. The third kappa shape index (κ3) is 8.07. The van der Waals surface area contributed by atoms with Crippen molar-refractivity contribution in [3.05, 3.63) is 52.4 Å². The average molecular weight is 771 g/mol. The van der Waals surface area contributed by atoms with E-state index in [4.69, 9.17) is 30.9 Å². The molecule has 1 amide bonds. The standard InChI is InChI=1S/C30H27ClF8N6O7/c1-26(2,24(47)48)14-50-8-9-51-25(49)52-15-44(27(13-40)6-7-27)23(46)18-10-16(4-5-19(18)31)17-11-41-45(12-17)22-20(29(34,35)36)21(42-43(22)3)28(32,33)30(37,38)39/h4-5,10-12H,6-9,14-15H2,1-3H3,(H,47,48). The van der Waals surface area contributed by atoms with Crippen LogP contribution >= 0.6 is 11.6 Å². The molecule has 1 aromatic carbocycles. The number of rotatable bonds is 13. The van der Waals surface area contributed by atoms with Crippen molar-refractivity contribution in [2.24, 2.45) is 12.5 Å². The highest BCUT2D eigenvalue weighted by atomic mass is 35.5. The zero-order chi connectivity index (χ0) is 39.0. The molecule has 13 nitrogen and oxygen atoms in total. The first kappa shape index (κ1) is 39.8. The molecule has 2 heterocycles. The summed E-state index contributed by atoms with van der Waals surface area (Å²) < 4.78 is 125. The van der Waals surface area contributed by atoms with Crippen molar-refractivity contribution in [3.8, 4) is 23.0 Å². The number of halogens is 9.